The highest BCUT2D eigenvalue weighted by molar-refractivity contribution is 5.83. The molecule has 204 valence electrons. The Hall–Kier alpha value is -3.55. The van der Waals surface area contributed by atoms with Crippen molar-refractivity contribution in [2.24, 2.45) is 5.92 Å². The first-order chi connectivity index (χ1) is 18.1. The molecule has 0 N–H and O–H groups in total. The lowest BCUT2D eigenvalue weighted by molar-refractivity contribution is -0.157. The molecule has 3 aromatic rings. The second-order valence-electron chi connectivity index (χ2n) is 9.28. The smallest absolute Gasteiger partial charge is 0.389 e. The van der Waals surface area contributed by atoms with Crippen molar-refractivity contribution in [3.8, 4) is 16.9 Å². The Kier molecular flexibility index (Phi) is 10.2. The molecule has 0 fully saturated rings. The zero-order chi connectivity index (χ0) is 27.7. The highest BCUT2D eigenvalue weighted by Gasteiger charge is 2.33. The zero-order valence-corrected chi connectivity index (χ0v) is 21.7. The largest absolute Gasteiger partial charge is 0.493 e. The van der Waals surface area contributed by atoms with Crippen LogP contribution in [-0.2, 0) is 22.4 Å². The van der Waals surface area contributed by atoms with Crippen molar-refractivity contribution in [2.75, 3.05) is 13.2 Å². The lowest BCUT2D eigenvalue weighted by Gasteiger charge is -2.19. The van der Waals surface area contributed by atoms with Gasteiger partial charge in [-0.2, -0.15) is 13.2 Å². The third kappa shape index (κ3) is 8.23. The monoisotopic (exact) mass is 530 g/mol. The molecule has 1 unspecified atom stereocenters. The third-order valence-corrected chi connectivity index (χ3v) is 6.25. The topological polar surface area (TPSA) is 65.7 Å². The number of hydrogen-bond acceptors (Lipinski definition) is 5. The second-order valence-corrected chi connectivity index (χ2v) is 9.28. The molecule has 0 bridgehead atoms. The van der Waals surface area contributed by atoms with Crippen molar-refractivity contribution in [2.45, 2.75) is 58.5 Å². The first-order valence-electron chi connectivity index (χ1n) is 12.8. The number of esters is 1. The second kappa shape index (κ2) is 13.3. The van der Waals surface area contributed by atoms with E-state index in [-0.39, 0.29) is 17.9 Å². The minimum absolute atomic E-state index is 0.237. The maximum Gasteiger partial charge on any atom is 0.389 e. The number of unbranched alkanes of at least 4 members (excludes halogenated alkanes) is 2. The summed E-state index contributed by atoms with van der Waals surface area (Å²) in [5.74, 6) is -1.68. The molecule has 0 aliphatic heterocycles. The molecule has 1 heterocycles. The summed E-state index contributed by atoms with van der Waals surface area (Å²) >= 11 is 0. The zero-order valence-electron chi connectivity index (χ0n) is 21.7. The van der Waals surface area contributed by atoms with Crippen LogP contribution in [-0.4, -0.2) is 25.4 Å². The fourth-order valence-electron chi connectivity index (χ4n) is 4.27. The van der Waals surface area contributed by atoms with Crippen LogP contribution in [0.3, 0.4) is 0 Å². The highest BCUT2D eigenvalue weighted by Crippen LogP contribution is 2.29. The summed E-state index contributed by atoms with van der Waals surface area (Å²) in [5.41, 5.74) is 3.35. The van der Waals surface area contributed by atoms with Gasteiger partial charge in [0.25, 0.3) is 0 Å². The minimum Gasteiger partial charge on any atom is -0.493 e. The van der Waals surface area contributed by atoms with Gasteiger partial charge in [-0.05, 0) is 54.2 Å². The van der Waals surface area contributed by atoms with Crippen LogP contribution in [0.2, 0.25) is 0 Å². The Bertz CT molecular complexity index is 1310. The van der Waals surface area contributed by atoms with Crippen molar-refractivity contribution in [3.05, 3.63) is 76.7 Å². The van der Waals surface area contributed by atoms with E-state index in [1.165, 1.54) is 18.1 Å². The van der Waals surface area contributed by atoms with E-state index in [1.807, 2.05) is 13.0 Å². The van der Waals surface area contributed by atoms with E-state index >= 15 is 0 Å². The van der Waals surface area contributed by atoms with Gasteiger partial charge in [-0.15, -0.1) is 0 Å². The quantitative estimate of drug-likeness (QED) is 0.0995. The Morgan fingerprint density at radius 1 is 1.05 bits per heavy atom. The minimum atomic E-state index is -4.45. The molecule has 1 atom stereocenters. The summed E-state index contributed by atoms with van der Waals surface area (Å²) < 4.78 is 54.8. The van der Waals surface area contributed by atoms with Gasteiger partial charge < -0.3 is 13.9 Å². The maximum absolute atomic E-state index is 12.9. The first kappa shape index (κ1) is 29.0. The van der Waals surface area contributed by atoms with Crippen LogP contribution in [0.5, 0.6) is 5.75 Å². The number of alkyl halides is 3. The molecule has 0 saturated carbocycles. The summed E-state index contributed by atoms with van der Waals surface area (Å²) in [7, 11) is 0. The van der Waals surface area contributed by atoms with Gasteiger partial charge in [0.05, 0.1) is 25.2 Å². The number of carbonyl (C=O) groups is 1. The number of benzene rings is 2. The average molecular weight is 531 g/mol. The Morgan fingerprint density at radius 3 is 2.53 bits per heavy atom. The van der Waals surface area contributed by atoms with E-state index in [9.17, 15) is 22.8 Å². The number of halogens is 3. The van der Waals surface area contributed by atoms with Gasteiger partial charge in [0.1, 0.15) is 11.3 Å². The molecule has 0 amide bonds. The summed E-state index contributed by atoms with van der Waals surface area (Å²) in [6.45, 7) is 6.64. The first-order valence-corrected chi connectivity index (χ1v) is 12.8. The molecule has 2 aromatic carbocycles. The molecule has 1 aromatic heterocycles. The van der Waals surface area contributed by atoms with E-state index < -0.39 is 36.7 Å². The summed E-state index contributed by atoms with van der Waals surface area (Å²) in [5, 5.41) is 0.660. The molecular formula is C30H33F3O5. The van der Waals surface area contributed by atoms with Crippen LogP contribution in [0, 0.1) is 5.92 Å². The Labute approximate surface area is 220 Å². The molecule has 0 saturated heterocycles. The number of carbonyl (C=O) groups excluding carboxylic acids is 1. The molecule has 0 aliphatic rings. The molecule has 38 heavy (non-hydrogen) atoms. The van der Waals surface area contributed by atoms with Gasteiger partial charge in [-0.25, -0.2) is 9.59 Å². The Morgan fingerprint density at radius 2 is 1.84 bits per heavy atom. The lowest BCUT2D eigenvalue weighted by Crippen LogP contribution is -2.25. The fraction of sp³-hybridized carbons (Fsp3) is 0.400. The number of ether oxygens (including phenoxy) is 2. The van der Waals surface area contributed by atoms with Crippen molar-refractivity contribution < 1.29 is 31.9 Å². The molecular weight excluding hydrogens is 497 g/mol. The lowest BCUT2D eigenvalue weighted by atomic mass is 9.94. The van der Waals surface area contributed by atoms with Gasteiger partial charge in [-0.3, -0.25) is 0 Å². The predicted octanol–water partition coefficient (Wildman–Crippen LogP) is 7.43. The van der Waals surface area contributed by atoms with E-state index in [0.29, 0.717) is 10.9 Å². The van der Waals surface area contributed by atoms with Gasteiger partial charge in [0.2, 0.25) is 0 Å². The predicted molar refractivity (Wildman–Crippen MR) is 141 cm³/mol. The van der Waals surface area contributed by atoms with Crippen LogP contribution in [0.4, 0.5) is 13.2 Å². The normalized spacial score (nSPS) is 12.3. The van der Waals surface area contributed by atoms with Gasteiger partial charge in [0, 0.05) is 23.4 Å². The summed E-state index contributed by atoms with van der Waals surface area (Å²) in [6.07, 6.45) is 0.471. The van der Waals surface area contributed by atoms with Crippen LogP contribution in [0.15, 0.2) is 64.3 Å². The number of aryl methyl sites for hydroxylation is 2. The van der Waals surface area contributed by atoms with Gasteiger partial charge in [0.15, 0.2) is 0 Å². The van der Waals surface area contributed by atoms with Crippen LogP contribution in [0.25, 0.3) is 22.1 Å². The number of rotatable bonds is 13. The average Bonchev–Trinajstić information content (AvgIpc) is 2.89. The van der Waals surface area contributed by atoms with E-state index in [0.717, 1.165) is 42.9 Å². The van der Waals surface area contributed by atoms with Crippen LogP contribution in [0.1, 0.15) is 50.7 Å². The SMILES string of the molecule is C=CC(=O)OCC(COc1ccc2cc(-c3ccc(CCCCC)cc3CC)c(=O)oc2c1)CC(F)(F)F. The maximum atomic E-state index is 12.9. The van der Waals surface area contributed by atoms with Crippen molar-refractivity contribution in [1.82, 2.24) is 0 Å². The standard InChI is InChI=1S/C30H33F3O5/c1-4-7-8-9-20-10-13-25(22(5-2)14-20)26-15-23-11-12-24(16-27(23)38-29(26)35)36-18-21(17-30(31,32)33)19-37-28(34)6-3/h6,10-16,21H,3-5,7-9,17-19H2,1-2H3. The van der Waals surface area contributed by atoms with Crippen molar-refractivity contribution in [3.63, 3.8) is 0 Å². The van der Waals surface area contributed by atoms with E-state index in [2.05, 4.69) is 25.6 Å². The third-order valence-electron chi connectivity index (χ3n) is 6.25. The molecule has 8 heteroatoms. The molecule has 0 aliphatic carbocycles. The van der Waals surface area contributed by atoms with Crippen LogP contribution < -0.4 is 10.4 Å². The fourth-order valence-corrected chi connectivity index (χ4v) is 4.27. The molecule has 5 nitrogen and oxygen atoms in total. The number of fused-ring (bicyclic) bond motifs is 1. The summed E-state index contributed by atoms with van der Waals surface area (Å²) in [4.78, 5) is 24.2. The molecule has 0 spiro atoms. The van der Waals surface area contributed by atoms with Crippen LogP contribution >= 0.6 is 0 Å². The van der Waals surface area contributed by atoms with E-state index in [4.69, 9.17) is 13.9 Å². The Balaban J connectivity index is 1.80. The van der Waals surface area contributed by atoms with E-state index in [1.54, 1.807) is 18.2 Å². The highest BCUT2D eigenvalue weighted by atomic mass is 19.4. The molecule has 3 rings (SSSR count). The number of hydrogen-bond donors (Lipinski definition) is 0. The summed E-state index contributed by atoms with van der Waals surface area (Å²) in [6, 6.07) is 12.7. The van der Waals surface area contributed by atoms with Gasteiger partial charge >= 0.3 is 17.8 Å². The van der Waals surface area contributed by atoms with Crippen molar-refractivity contribution >= 4 is 16.9 Å². The van der Waals surface area contributed by atoms with Gasteiger partial charge in [-0.1, -0.05) is 51.5 Å². The molecule has 0 radical (unpaired) electrons. The van der Waals surface area contributed by atoms with Crippen molar-refractivity contribution in [1.29, 1.82) is 0 Å².